The number of aryl methyl sites for hydroxylation is 2. The number of esters is 1. The number of carbonyl (C=O) groups is 1. The molecule has 1 aromatic heterocycles. The van der Waals surface area contributed by atoms with Gasteiger partial charge in [0.15, 0.2) is 0 Å². The van der Waals surface area contributed by atoms with E-state index in [1.165, 1.54) is 0 Å². The van der Waals surface area contributed by atoms with E-state index in [2.05, 4.69) is 4.98 Å². The maximum Gasteiger partial charge on any atom is 0.317 e. The molecule has 0 spiro atoms. The Morgan fingerprint density at radius 2 is 2.25 bits per heavy atom. The van der Waals surface area contributed by atoms with Gasteiger partial charge in [0, 0.05) is 5.56 Å². The molecular weight excluding hydrogens is 274 g/mol. The van der Waals surface area contributed by atoms with Crippen molar-refractivity contribution in [1.82, 2.24) is 4.98 Å². The van der Waals surface area contributed by atoms with Gasteiger partial charge in [-0.25, -0.2) is 4.98 Å². The number of para-hydroxylation sites is 1. The van der Waals surface area contributed by atoms with Crippen molar-refractivity contribution in [3.63, 3.8) is 0 Å². The molecule has 0 aliphatic carbocycles. The van der Waals surface area contributed by atoms with Crippen LogP contribution >= 0.6 is 11.3 Å². The van der Waals surface area contributed by atoms with Crippen molar-refractivity contribution in [2.45, 2.75) is 26.4 Å². The Morgan fingerprint density at radius 1 is 1.45 bits per heavy atom. The minimum absolute atomic E-state index is 0.236. The summed E-state index contributed by atoms with van der Waals surface area (Å²) in [5, 5.41) is 0.989. The number of aromatic nitrogens is 1. The molecule has 20 heavy (non-hydrogen) atoms. The van der Waals surface area contributed by atoms with E-state index in [9.17, 15) is 4.79 Å². The number of ether oxygens (including phenoxy) is 2. The second kappa shape index (κ2) is 5.25. The predicted octanol–water partition coefficient (Wildman–Crippen LogP) is 2.98. The Balaban J connectivity index is 1.68. The fraction of sp³-hybridized carbons (Fsp3) is 0.333. The Kier molecular flexibility index (Phi) is 3.44. The van der Waals surface area contributed by atoms with E-state index in [0.29, 0.717) is 6.61 Å². The zero-order chi connectivity index (χ0) is 14.1. The van der Waals surface area contributed by atoms with E-state index in [4.69, 9.17) is 9.47 Å². The van der Waals surface area contributed by atoms with Crippen LogP contribution in [0.4, 0.5) is 0 Å². The topological polar surface area (TPSA) is 48.4 Å². The van der Waals surface area contributed by atoms with Crippen LogP contribution in [0, 0.1) is 13.8 Å². The molecule has 1 aromatic carbocycles. The van der Waals surface area contributed by atoms with Gasteiger partial charge in [-0.2, -0.15) is 0 Å². The Hall–Kier alpha value is -1.88. The van der Waals surface area contributed by atoms with E-state index in [-0.39, 0.29) is 18.5 Å². The fourth-order valence-corrected chi connectivity index (χ4v) is 3.15. The van der Waals surface area contributed by atoms with Gasteiger partial charge in [-0.1, -0.05) is 18.2 Å². The molecule has 1 aliphatic rings. The second-order valence-corrected chi connectivity index (χ2v) is 6.04. The van der Waals surface area contributed by atoms with Crippen LogP contribution < -0.4 is 4.74 Å². The lowest BCUT2D eigenvalue weighted by atomic mass is 10.0. The first-order valence-corrected chi connectivity index (χ1v) is 7.28. The highest BCUT2D eigenvalue weighted by Gasteiger charge is 2.31. The highest BCUT2D eigenvalue weighted by Crippen LogP contribution is 2.34. The average Bonchev–Trinajstić information content (AvgIpc) is 2.99. The molecule has 0 fully saturated rings. The van der Waals surface area contributed by atoms with Gasteiger partial charge < -0.3 is 9.47 Å². The molecule has 2 aromatic rings. The molecule has 4 nitrogen and oxygen atoms in total. The van der Waals surface area contributed by atoms with E-state index < -0.39 is 0 Å². The van der Waals surface area contributed by atoms with Crippen LogP contribution in [0.1, 0.15) is 27.1 Å². The van der Waals surface area contributed by atoms with Gasteiger partial charge in [-0.05, 0) is 19.9 Å². The molecule has 0 saturated heterocycles. The van der Waals surface area contributed by atoms with Crippen LogP contribution in [-0.2, 0) is 16.1 Å². The van der Waals surface area contributed by atoms with Crippen LogP contribution in [0.25, 0.3) is 0 Å². The molecule has 104 valence electrons. The van der Waals surface area contributed by atoms with E-state index in [1.807, 2.05) is 38.1 Å². The molecule has 0 saturated carbocycles. The van der Waals surface area contributed by atoms with Crippen LogP contribution in [0.15, 0.2) is 24.3 Å². The summed E-state index contributed by atoms with van der Waals surface area (Å²) in [6, 6.07) is 7.59. The second-order valence-electron chi connectivity index (χ2n) is 4.75. The van der Waals surface area contributed by atoms with Crippen LogP contribution in [0.2, 0.25) is 0 Å². The summed E-state index contributed by atoms with van der Waals surface area (Å²) in [5.74, 6) is 0.222. The third kappa shape index (κ3) is 2.41. The summed E-state index contributed by atoms with van der Waals surface area (Å²) in [4.78, 5) is 17.5. The summed E-state index contributed by atoms with van der Waals surface area (Å²) in [5.41, 5.74) is 1.85. The maximum atomic E-state index is 12.2. The fourth-order valence-electron chi connectivity index (χ4n) is 2.30. The molecule has 3 rings (SSSR count). The van der Waals surface area contributed by atoms with E-state index in [0.717, 1.165) is 26.9 Å². The number of carbonyl (C=O) groups excluding carboxylic acids is 1. The number of rotatable bonds is 3. The number of nitrogens with zero attached hydrogens (tertiary/aromatic N) is 1. The highest BCUT2D eigenvalue weighted by atomic mass is 32.1. The number of hydrogen-bond acceptors (Lipinski definition) is 5. The zero-order valence-corrected chi connectivity index (χ0v) is 12.2. The van der Waals surface area contributed by atoms with Gasteiger partial charge in [0.2, 0.25) is 0 Å². The number of fused-ring (bicyclic) bond motifs is 1. The van der Waals surface area contributed by atoms with Crippen molar-refractivity contribution < 1.29 is 14.3 Å². The van der Waals surface area contributed by atoms with Crippen molar-refractivity contribution in [2.24, 2.45) is 0 Å². The number of benzene rings is 1. The van der Waals surface area contributed by atoms with Crippen LogP contribution in [0.3, 0.4) is 0 Å². The van der Waals surface area contributed by atoms with Gasteiger partial charge in [0.1, 0.15) is 24.9 Å². The summed E-state index contributed by atoms with van der Waals surface area (Å²) >= 11 is 1.56. The van der Waals surface area contributed by atoms with Gasteiger partial charge in [0.25, 0.3) is 0 Å². The third-order valence-corrected chi connectivity index (χ3v) is 4.38. The monoisotopic (exact) mass is 289 g/mol. The lowest BCUT2D eigenvalue weighted by molar-refractivity contribution is -0.146. The van der Waals surface area contributed by atoms with Gasteiger partial charge in [0.05, 0.1) is 15.6 Å². The molecule has 1 aliphatic heterocycles. The molecule has 1 atom stereocenters. The smallest absolute Gasteiger partial charge is 0.317 e. The molecule has 0 amide bonds. The average molecular weight is 289 g/mol. The predicted molar refractivity (Wildman–Crippen MR) is 76.1 cm³/mol. The van der Waals surface area contributed by atoms with Crippen LogP contribution in [0.5, 0.6) is 5.75 Å². The lowest BCUT2D eigenvalue weighted by Gasteiger charge is -2.08. The molecule has 0 bridgehead atoms. The number of hydrogen-bond donors (Lipinski definition) is 0. The highest BCUT2D eigenvalue weighted by molar-refractivity contribution is 7.11. The molecule has 1 unspecified atom stereocenters. The van der Waals surface area contributed by atoms with E-state index in [1.54, 1.807) is 11.3 Å². The van der Waals surface area contributed by atoms with Gasteiger partial charge >= 0.3 is 5.97 Å². The summed E-state index contributed by atoms with van der Waals surface area (Å²) in [7, 11) is 0. The lowest BCUT2D eigenvalue weighted by Crippen LogP contribution is -2.17. The molecular formula is C15H15NO3S. The largest absolute Gasteiger partial charge is 0.492 e. The summed E-state index contributed by atoms with van der Waals surface area (Å²) in [6.07, 6.45) is 0. The number of thiazole rings is 1. The van der Waals surface area contributed by atoms with Gasteiger partial charge in [-0.15, -0.1) is 11.3 Å². The van der Waals surface area contributed by atoms with Crippen molar-refractivity contribution in [3.8, 4) is 5.75 Å². The molecule has 0 N–H and O–H groups in total. The van der Waals surface area contributed by atoms with Crippen LogP contribution in [-0.4, -0.2) is 17.6 Å². The third-order valence-electron chi connectivity index (χ3n) is 3.33. The normalized spacial score (nSPS) is 16.6. The minimum atomic E-state index is -0.319. The SMILES string of the molecule is Cc1nc(C)c(COC(=O)C2COc3ccccc32)s1. The first-order chi connectivity index (χ1) is 9.65. The standard InChI is InChI=1S/C15H15NO3S/c1-9-14(20-10(2)16-9)8-19-15(17)12-7-18-13-6-4-3-5-11(12)13/h3-6,12H,7-8H2,1-2H3. The summed E-state index contributed by atoms with van der Waals surface area (Å²) in [6.45, 7) is 4.53. The Labute approximate surface area is 121 Å². The Bertz CT molecular complexity index is 650. The maximum absolute atomic E-state index is 12.2. The van der Waals surface area contributed by atoms with Crippen molar-refractivity contribution in [2.75, 3.05) is 6.61 Å². The molecule has 0 radical (unpaired) electrons. The zero-order valence-electron chi connectivity index (χ0n) is 11.4. The summed E-state index contributed by atoms with van der Waals surface area (Å²) < 4.78 is 10.9. The first-order valence-electron chi connectivity index (χ1n) is 6.46. The van der Waals surface area contributed by atoms with Crippen molar-refractivity contribution in [1.29, 1.82) is 0 Å². The molecule has 2 heterocycles. The quantitative estimate of drug-likeness (QED) is 0.815. The molecule has 5 heteroatoms. The Morgan fingerprint density at radius 3 is 3.00 bits per heavy atom. The van der Waals surface area contributed by atoms with E-state index >= 15 is 0 Å². The van der Waals surface area contributed by atoms with Crippen molar-refractivity contribution >= 4 is 17.3 Å². The van der Waals surface area contributed by atoms with Crippen molar-refractivity contribution in [3.05, 3.63) is 45.4 Å². The minimum Gasteiger partial charge on any atom is -0.492 e. The van der Waals surface area contributed by atoms with Gasteiger partial charge in [-0.3, -0.25) is 4.79 Å². The first kappa shape index (κ1) is 13.1.